The molecule has 0 atom stereocenters. The first-order valence-electron chi connectivity index (χ1n) is 6.20. The van der Waals surface area contributed by atoms with E-state index in [4.69, 9.17) is 0 Å². The minimum atomic E-state index is -0.468. The Morgan fingerprint density at radius 2 is 2.19 bits per heavy atom. The SMILES string of the molecule is COC(=O)CCN(C)c1ncnc2ccc([N+](=O)[O-])cc12. The lowest BCUT2D eigenvalue weighted by atomic mass is 10.2. The number of benzene rings is 1. The number of hydrogen-bond donors (Lipinski definition) is 0. The molecule has 0 unspecified atom stereocenters. The van der Waals surface area contributed by atoms with E-state index in [9.17, 15) is 14.9 Å². The van der Waals surface area contributed by atoms with Crippen molar-refractivity contribution in [1.29, 1.82) is 0 Å². The maximum absolute atomic E-state index is 11.2. The third-order valence-electron chi connectivity index (χ3n) is 3.05. The van der Waals surface area contributed by atoms with Gasteiger partial charge in [-0.05, 0) is 6.07 Å². The molecule has 8 heteroatoms. The number of methoxy groups -OCH3 is 1. The van der Waals surface area contributed by atoms with E-state index in [0.29, 0.717) is 23.3 Å². The minimum Gasteiger partial charge on any atom is -0.469 e. The fourth-order valence-electron chi connectivity index (χ4n) is 1.92. The van der Waals surface area contributed by atoms with Crippen molar-refractivity contribution in [3.63, 3.8) is 0 Å². The summed E-state index contributed by atoms with van der Waals surface area (Å²) in [6, 6.07) is 4.40. The van der Waals surface area contributed by atoms with Gasteiger partial charge in [0.2, 0.25) is 0 Å². The smallest absolute Gasteiger partial charge is 0.307 e. The second kappa shape index (κ2) is 6.12. The van der Waals surface area contributed by atoms with Gasteiger partial charge in [0, 0.05) is 31.1 Å². The highest BCUT2D eigenvalue weighted by atomic mass is 16.6. The summed E-state index contributed by atoms with van der Waals surface area (Å²) in [6.45, 7) is 0.390. The maximum Gasteiger partial charge on any atom is 0.307 e. The van der Waals surface area contributed by atoms with Crippen LogP contribution in [-0.4, -0.2) is 41.6 Å². The zero-order valence-corrected chi connectivity index (χ0v) is 11.6. The van der Waals surface area contributed by atoms with E-state index in [2.05, 4.69) is 14.7 Å². The van der Waals surface area contributed by atoms with Gasteiger partial charge in [-0.2, -0.15) is 0 Å². The van der Waals surface area contributed by atoms with Crippen LogP contribution in [0.3, 0.4) is 0 Å². The molecule has 0 aliphatic carbocycles. The minimum absolute atomic E-state index is 0.0279. The Balaban J connectivity index is 2.36. The maximum atomic E-state index is 11.2. The van der Waals surface area contributed by atoms with E-state index in [1.54, 1.807) is 18.0 Å². The van der Waals surface area contributed by atoms with Crippen LogP contribution in [0.2, 0.25) is 0 Å². The van der Waals surface area contributed by atoms with Crippen molar-refractivity contribution in [2.75, 3.05) is 25.6 Å². The number of ether oxygens (including phenoxy) is 1. The molecule has 110 valence electrons. The van der Waals surface area contributed by atoms with E-state index >= 15 is 0 Å². The first-order valence-corrected chi connectivity index (χ1v) is 6.20. The topological polar surface area (TPSA) is 98.5 Å². The number of hydrogen-bond acceptors (Lipinski definition) is 7. The molecular weight excluding hydrogens is 276 g/mol. The fraction of sp³-hybridized carbons (Fsp3) is 0.308. The number of anilines is 1. The molecule has 1 aromatic heterocycles. The van der Waals surface area contributed by atoms with Crippen molar-refractivity contribution in [2.45, 2.75) is 6.42 Å². The van der Waals surface area contributed by atoms with Crippen LogP contribution in [0.5, 0.6) is 0 Å². The zero-order chi connectivity index (χ0) is 15.4. The summed E-state index contributed by atoms with van der Waals surface area (Å²) in [4.78, 5) is 31.6. The number of nitro benzene ring substituents is 1. The van der Waals surface area contributed by atoms with Crippen molar-refractivity contribution in [1.82, 2.24) is 9.97 Å². The van der Waals surface area contributed by atoms with Crippen LogP contribution in [0.15, 0.2) is 24.5 Å². The predicted molar refractivity (Wildman–Crippen MR) is 76.1 cm³/mol. The van der Waals surface area contributed by atoms with Crippen molar-refractivity contribution < 1.29 is 14.5 Å². The van der Waals surface area contributed by atoms with Gasteiger partial charge >= 0.3 is 5.97 Å². The van der Waals surface area contributed by atoms with Gasteiger partial charge < -0.3 is 9.64 Å². The number of non-ortho nitro benzene ring substituents is 1. The lowest BCUT2D eigenvalue weighted by molar-refractivity contribution is -0.384. The normalized spacial score (nSPS) is 10.4. The number of nitro groups is 1. The molecule has 0 spiro atoms. The monoisotopic (exact) mass is 290 g/mol. The third-order valence-corrected chi connectivity index (χ3v) is 3.05. The van der Waals surface area contributed by atoms with Crippen LogP contribution in [0.4, 0.5) is 11.5 Å². The summed E-state index contributed by atoms with van der Waals surface area (Å²) < 4.78 is 4.59. The van der Waals surface area contributed by atoms with Crippen molar-refractivity contribution in [3.05, 3.63) is 34.6 Å². The summed E-state index contributed by atoms with van der Waals surface area (Å²) >= 11 is 0. The van der Waals surface area contributed by atoms with Gasteiger partial charge in [0.25, 0.3) is 5.69 Å². The molecule has 0 fully saturated rings. The lowest BCUT2D eigenvalue weighted by Crippen LogP contribution is -2.22. The summed E-state index contributed by atoms with van der Waals surface area (Å²) in [5.41, 5.74) is 0.579. The second-order valence-electron chi connectivity index (χ2n) is 4.40. The Kier molecular flexibility index (Phi) is 4.27. The first kappa shape index (κ1) is 14.6. The molecule has 0 amide bonds. The number of carbonyl (C=O) groups excluding carboxylic acids is 1. The van der Waals surface area contributed by atoms with Gasteiger partial charge in [-0.15, -0.1) is 0 Å². The summed E-state index contributed by atoms with van der Waals surface area (Å²) in [5.74, 6) is 0.207. The predicted octanol–water partition coefficient (Wildman–Crippen LogP) is 1.54. The number of aromatic nitrogens is 2. The Labute approximate surface area is 120 Å². The molecule has 0 saturated carbocycles. The highest BCUT2D eigenvalue weighted by Crippen LogP contribution is 2.26. The molecule has 0 aliphatic heterocycles. The van der Waals surface area contributed by atoms with Crippen LogP contribution in [0.1, 0.15) is 6.42 Å². The van der Waals surface area contributed by atoms with Crippen LogP contribution in [0.25, 0.3) is 10.9 Å². The average molecular weight is 290 g/mol. The van der Waals surface area contributed by atoms with Gasteiger partial charge in [0.05, 0.1) is 24.0 Å². The van der Waals surface area contributed by atoms with E-state index in [-0.39, 0.29) is 18.1 Å². The molecule has 1 heterocycles. The number of nitrogens with zero attached hydrogens (tertiary/aromatic N) is 4. The summed E-state index contributed by atoms with van der Waals surface area (Å²) in [7, 11) is 3.08. The quantitative estimate of drug-likeness (QED) is 0.468. The van der Waals surface area contributed by atoms with E-state index in [1.165, 1.54) is 25.6 Å². The molecule has 0 bridgehead atoms. The van der Waals surface area contributed by atoms with Crippen LogP contribution in [0, 0.1) is 10.1 Å². The molecule has 21 heavy (non-hydrogen) atoms. The Bertz CT molecular complexity index is 689. The molecule has 1 aromatic carbocycles. The summed E-state index contributed by atoms with van der Waals surface area (Å²) in [6.07, 6.45) is 1.59. The van der Waals surface area contributed by atoms with Crippen molar-refractivity contribution in [2.24, 2.45) is 0 Å². The number of rotatable bonds is 5. The largest absolute Gasteiger partial charge is 0.469 e. The average Bonchev–Trinajstić information content (AvgIpc) is 2.50. The second-order valence-corrected chi connectivity index (χ2v) is 4.40. The first-order chi connectivity index (χ1) is 10.0. The third kappa shape index (κ3) is 3.22. The van der Waals surface area contributed by atoms with E-state index in [1.807, 2.05) is 0 Å². The number of esters is 1. The van der Waals surface area contributed by atoms with Crippen LogP contribution >= 0.6 is 0 Å². The lowest BCUT2D eigenvalue weighted by Gasteiger charge is -2.18. The van der Waals surface area contributed by atoms with Gasteiger partial charge in [-0.3, -0.25) is 14.9 Å². The molecule has 2 rings (SSSR count). The molecule has 0 N–H and O–H groups in total. The number of carbonyl (C=O) groups is 1. The molecule has 2 aromatic rings. The van der Waals surface area contributed by atoms with Crippen molar-refractivity contribution >= 4 is 28.4 Å². The fourth-order valence-corrected chi connectivity index (χ4v) is 1.92. The molecule has 0 radical (unpaired) electrons. The van der Waals surface area contributed by atoms with E-state index in [0.717, 1.165) is 0 Å². The van der Waals surface area contributed by atoms with Gasteiger partial charge in [0.15, 0.2) is 0 Å². The number of fused-ring (bicyclic) bond motifs is 1. The Morgan fingerprint density at radius 3 is 2.86 bits per heavy atom. The zero-order valence-electron chi connectivity index (χ0n) is 11.6. The van der Waals surface area contributed by atoms with Gasteiger partial charge in [0.1, 0.15) is 12.1 Å². The van der Waals surface area contributed by atoms with Gasteiger partial charge in [-0.25, -0.2) is 9.97 Å². The Hall–Kier alpha value is -2.77. The van der Waals surface area contributed by atoms with E-state index < -0.39 is 4.92 Å². The molecule has 8 nitrogen and oxygen atoms in total. The highest BCUT2D eigenvalue weighted by molar-refractivity contribution is 5.91. The van der Waals surface area contributed by atoms with Crippen LogP contribution < -0.4 is 4.90 Å². The van der Waals surface area contributed by atoms with Crippen molar-refractivity contribution in [3.8, 4) is 0 Å². The highest BCUT2D eigenvalue weighted by Gasteiger charge is 2.14. The van der Waals surface area contributed by atoms with Crippen LogP contribution in [-0.2, 0) is 9.53 Å². The summed E-state index contributed by atoms with van der Waals surface area (Å²) in [5, 5.41) is 11.4. The Morgan fingerprint density at radius 1 is 1.43 bits per heavy atom. The molecule has 0 saturated heterocycles. The standard InChI is InChI=1S/C13H14N4O4/c1-16(6-5-12(18)21-2)13-10-7-9(17(19)20)3-4-11(10)14-8-15-13/h3-4,7-8H,5-6H2,1-2H3. The van der Waals surface area contributed by atoms with Gasteiger partial charge in [-0.1, -0.05) is 0 Å². The molecule has 0 aliphatic rings. The molecular formula is C13H14N4O4.